The first kappa shape index (κ1) is 19.3. The van der Waals surface area contributed by atoms with Gasteiger partial charge in [0.25, 0.3) is 15.9 Å². The van der Waals surface area contributed by atoms with Gasteiger partial charge in [-0.15, -0.1) is 10.2 Å². The number of aromatic nitrogens is 2. The monoisotopic (exact) mass is 428 g/mol. The lowest BCUT2D eigenvalue weighted by atomic mass is 9.85. The van der Waals surface area contributed by atoms with Crippen LogP contribution in [-0.4, -0.2) is 49.1 Å². The van der Waals surface area contributed by atoms with Crippen molar-refractivity contribution in [3.8, 4) is 11.5 Å². The van der Waals surface area contributed by atoms with Crippen molar-refractivity contribution in [1.82, 2.24) is 14.5 Å². The van der Waals surface area contributed by atoms with Gasteiger partial charge in [-0.25, -0.2) is 8.42 Å². The maximum atomic E-state index is 13.0. The number of hydrogen-bond acceptors (Lipinski definition) is 7. The number of aryl methyl sites for hydroxylation is 1. The van der Waals surface area contributed by atoms with Crippen molar-refractivity contribution in [2.45, 2.75) is 37.2 Å². The van der Waals surface area contributed by atoms with Crippen LogP contribution >= 0.6 is 0 Å². The lowest BCUT2D eigenvalue weighted by molar-refractivity contribution is 0.338. The molecule has 1 aliphatic heterocycles. The minimum Gasteiger partial charge on any atom is -0.451 e. The highest BCUT2D eigenvalue weighted by Crippen LogP contribution is 2.37. The van der Waals surface area contributed by atoms with Gasteiger partial charge in [-0.05, 0) is 37.5 Å². The summed E-state index contributed by atoms with van der Waals surface area (Å²) in [4.78, 5) is 2.20. The molecule has 1 saturated heterocycles. The second-order valence-corrected chi connectivity index (χ2v) is 9.83. The molecular weight excluding hydrogens is 404 g/mol. The summed E-state index contributed by atoms with van der Waals surface area (Å²) < 4.78 is 38.7. The third-order valence-electron chi connectivity index (χ3n) is 5.92. The highest BCUT2D eigenvalue weighted by molar-refractivity contribution is 7.89. The first-order chi connectivity index (χ1) is 14.5. The molecule has 158 valence electrons. The molecule has 0 N–H and O–H groups in total. The molecule has 2 fully saturated rings. The number of rotatable bonds is 5. The van der Waals surface area contributed by atoms with Crippen molar-refractivity contribution in [2.75, 3.05) is 31.1 Å². The Morgan fingerprint density at radius 2 is 1.87 bits per heavy atom. The molecule has 5 rings (SSSR count). The normalized spacial score (nSPS) is 18.5. The summed E-state index contributed by atoms with van der Waals surface area (Å²) in [6.45, 7) is 4.12. The first-order valence-corrected chi connectivity index (χ1v) is 11.7. The Balaban J connectivity index is 1.28. The Labute approximate surface area is 175 Å². The van der Waals surface area contributed by atoms with Crippen molar-refractivity contribution in [1.29, 1.82) is 0 Å². The van der Waals surface area contributed by atoms with E-state index in [1.807, 2.05) is 6.07 Å². The van der Waals surface area contributed by atoms with Gasteiger partial charge in [-0.3, -0.25) is 0 Å². The summed E-state index contributed by atoms with van der Waals surface area (Å²) in [5, 5.41) is 8.06. The van der Waals surface area contributed by atoms with Gasteiger partial charge in [0.05, 0.1) is 5.56 Å². The summed E-state index contributed by atoms with van der Waals surface area (Å²) in [7, 11) is -3.72. The molecule has 0 bridgehead atoms. The van der Waals surface area contributed by atoms with E-state index >= 15 is 0 Å². The van der Waals surface area contributed by atoms with Crippen LogP contribution in [0.3, 0.4) is 0 Å². The van der Waals surface area contributed by atoms with Gasteiger partial charge in [0, 0.05) is 43.9 Å². The second kappa shape index (κ2) is 7.55. The van der Waals surface area contributed by atoms with Crippen LogP contribution in [0, 0.1) is 6.92 Å². The predicted molar refractivity (Wildman–Crippen MR) is 111 cm³/mol. The molecule has 2 aromatic heterocycles. The van der Waals surface area contributed by atoms with Crippen LogP contribution < -0.4 is 4.90 Å². The molecule has 30 heavy (non-hydrogen) atoms. The lowest BCUT2D eigenvalue weighted by Gasteiger charge is -2.35. The van der Waals surface area contributed by atoms with E-state index in [4.69, 9.17) is 8.83 Å². The summed E-state index contributed by atoms with van der Waals surface area (Å²) in [6.07, 6.45) is 4.66. The Morgan fingerprint density at radius 3 is 2.57 bits per heavy atom. The maximum Gasteiger partial charge on any atom is 0.276 e. The molecule has 0 radical (unpaired) electrons. The van der Waals surface area contributed by atoms with Crippen molar-refractivity contribution < 1.29 is 17.3 Å². The van der Waals surface area contributed by atoms with Gasteiger partial charge in [0.1, 0.15) is 6.26 Å². The van der Waals surface area contributed by atoms with Crippen LogP contribution in [0.5, 0.6) is 0 Å². The number of piperazine rings is 1. The van der Waals surface area contributed by atoms with Gasteiger partial charge >= 0.3 is 0 Å². The van der Waals surface area contributed by atoms with Crippen molar-refractivity contribution >= 4 is 15.7 Å². The van der Waals surface area contributed by atoms with E-state index in [1.165, 1.54) is 28.6 Å². The molecule has 0 spiro atoms. The average molecular weight is 429 g/mol. The summed E-state index contributed by atoms with van der Waals surface area (Å²) in [5.41, 5.74) is 2.79. The quantitative estimate of drug-likeness (QED) is 0.615. The van der Waals surface area contributed by atoms with E-state index in [9.17, 15) is 8.42 Å². The fraction of sp³-hybridized carbons (Fsp3) is 0.429. The number of sulfonamides is 1. The fourth-order valence-electron chi connectivity index (χ4n) is 3.87. The molecule has 8 nitrogen and oxygen atoms in total. The van der Waals surface area contributed by atoms with Crippen LogP contribution in [0.1, 0.15) is 36.6 Å². The fourth-order valence-corrected chi connectivity index (χ4v) is 5.22. The molecule has 3 heterocycles. The minimum atomic E-state index is -3.72. The molecule has 1 aromatic carbocycles. The molecule has 0 unspecified atom stereocenters. The summed E-state index contributed by atoms with van der Waals surface area (Å²) in [5.74, 6) is 1.24. The van der Waals surface area contributed by atoms with E-state index in [0.717, 1.165) is 18.5 Å². The Morgan fingerprint density at radius 1 is 1.07 bits per heavy atom. The van der Waals surface area contributed by atoms with Gasteiger partial charge < -0.3 is 13.7 Å². The molecule has 9 heteroatoms. The van der Waals surface area contributed by atoms with E-state index in [2.05, 4.69) is 40.2 Å². The van der Waals surface area contributed by atoms with Crippen LogP contribution in [0.15, 0.2) is 50.5 Å². The zero-order valence-corrected chi connectivity index (χ0v) is 17.6. The number of furan rings is 1. The molecule has 0 atom stereocenters. The van der Waals surface area contributed by atoms with Crippen molar-refractivity contribution in [2.24, 2.45) is 0 Å². The van der Waals surface area contributed by atoms with Crippen LogP contribution in [0.25, 0.3) is 11.5 Å². The Hall–Kier alpha value is -2.65. The van der Waals surface area contributed by atoms with Crippen LogP contribution in [0.4, 0.5) is 5.69 Å². The van der Waals surface area contributed by atoms with E-state index in [0.29, 0.717) is 49.4 Å². The first-order valence-electron chi connectivity index (χ1n) is 10.2. The van der Waals surface area contributed by atoms with E-state index < -0.39 is 10.0 Å². The van der Waals surface area contributed by atoms with Gasteiger partial charge in [0.15, 0.2) is 0 Å². The number of benzene rings is 1. The SMILES string of the molecule is Cc1cccc(N2CCN(S(=O)(=O)c3cc(-c4nnc(C5CCC5)o4)co3)CC2)c1. The highest BCUT2D eigenvalue weighted by atomic mass is 32.2. The van der Waals surface area contributed by atoms with Crippen LogP contribution in [-0.2, 0) is 10.0 Å². The van der Waals surface area contributed by atoms with Crippen molar-refractivity contribution in [3.05, 3.63) is 48.0 Å². The molecule has 1 saturated carbocycles. The average Bonchev–Trinajstić information content (AvgIpc) is 3.37. The maximum absolute atomic E-state index is 13.0. The molecule has 0 amide bonds. The van der Waals surface area contributed by atoms with E-state index in [-0.39, 0.29) is 5.09 Å². The van der Waals surface area contributed by atoms with Gasteiger partial charge in [-0.2, -0.15) is 4.31 Å². The zero-order chi connectivity index (χ0) is 20.7. The number of hydrogen-bond donors (Lipinski definition) is 0. The molecule has 2 aliphatic rings. The Bertz CT molecular complexity index is 1140. The zero-order valence-electron chi connectivity index (χ0n) is 16.8. The van der Waals surface area contributed by atoms with Crippen LogP contribution in [0.2, 0.25) is 0 Å². The number of anilines is 1. The van der Waals surface area contributed by atoms with Gasteiger partial charge in [0.2, 0.25) is 11.0 Å². The van der Waals surface area contributed by atoms with Gasteiger partial charge in [-0.1, -0.05) is 18.6 Å². The summed E-state index contributed by atoms with van der Waals surface area (Å²) >= 11 is 0. The molecule has 1 aliphatic carbocycles. The smallest absolute Gasteiger partial charge is 0.276 e. The largest absolute Gasteiger partial charge is 0.451 e. The lowest BCUT2D eigenvalue weighted by Crippen LogP contribution is -2.48. The third kappa shape index (κ3) is 3.52. The minimum absolute atomic E-state index is 0.0927. The highest BCUT2D eigenvalue weighted by Gasteiger charge is 2.32. The topological polar surface area (TPSA) is 92.7 Å². The van der Waals surface area contributed by atoms with E-state index in [1.54, 1.807) is 0 Å². The molecule has 3 aromatic rings. The number of nitrogens with zero attached hydrogens (tertiary/aromatic N) is 4. The Kier molecular flexibility index (Phi) is 4.86. The third-order valence-corrected chi connectivity index (χ3v) is 7.68. The molecular formula is C21H24N4O4S. The standard InChI is InChI=1S/C21H24N4O4S/c1-15-4-2-7-18(12-15)24-8-10-25(11-9-24)30(26,27)19-13-17(14-28-19)21-23-22-20(29-21)16-5-3-6-16/h2,4,7,12-14,16H,3,5-6,8-11H2,1H3. The second-order valence-electron chi connectivity index (χ2n) is 7.96. The summed E-state index contributed by atoms with van der Waals surface area (Å²) in [6, 6.07) is 9.72. The van der Waals surface area contributed by atoms with Crippen molar-refractivity contribution in [3.63, 3.8) is 0 Å². The predicted octanol–water partition coefficient (Wildman–Crippen LogP) is 3.42.